The largest absolute Gasteiger partial charge is 0.434 e. The lowest BCUT2D eigenvalue weighted by Gasteiger charge is -2.14. The van der Waals surface area contributed by atoms with Gasteiger partial charge in [0.2, 0.25) is 5.56 Å². The molecule has 0 amide bonds. The normalized spacial score (nSPS) is 11.4. The van der Waals surface area contributed by atoms with Crippen molar-refractivity contribution in [1.82, 2.24) is 19.1 Å². The minimum atomic E-state index is -2.92. The van der Waals surface area contributed by atoms with Crippen LogP contribution in [-0.4, -0.2) is 32.8 Å². The number of nitrogens with zero attached hydrogens (tertiary/aromatic N) is 4. The number of imidazole rings is 1. The van der Waals surface area contributed by atoms with Crippen LogP contribution < -0.4 is 10.3 Å². The zero-order valence-electron chi connectivity index (χ0n) is 17.0. The van der Waals surface area contributed by atoms with Crippen molar-refractivity contribution in [2.45, 2.75) is 19.8 Å². The van der Waals surface area contributed by atoms with E-state index in [1.807, 2.05) is 10.6 Å². The van der Waals surface area contributed by atoms with Crippen LogP contribution in [0.2, 0.25) is 0 Å². The van der Waals surface area contributed by atoms with Gasteiger partial charge in [-0.25, -0.2) is 4.98 Å². The molecular formula is C22H20F2N4O3. The number of halogens is 2. The van der Waals surface area contributed by atoms with Crippen LogP contribution in [0.5, 0.6) is 5.75 Å². The Morgan fingerprint density at radius 2 is 1.97 bits per heavy atom. The van der Waals surface area contributed by atoms with E-state index in [9.17, 15) is 13.6 Å². The van der Waals surface area contributed by atoms with E-state index >= 15 is 0 Å². The first-order chi connectivity index (χ1) is 15.0. The summed E-state index contributed by atoms with van der Waals surface area (Å²) in [5.74, 6) is 0.735. The number of methoxy groups -OCH3 is 1. The lowest BCUT2D eigenvalue weighted by Crippen LogP contribution is -2.14. The van der Waals surface area contributed by atoms with E-state index in [1.54, 1.807) is 50.8 Å². The molecule has 1 aromatic carbocycles. The standard InChI is InChI=1S/C22H20F2N4O3/c1-27-11-14(7-8-21(27)29)16-9-18-17(10-25-16)26-20(13-30-2)28(18)12-15-5-3-4-6-19(15)31-22(23)24/h3-11,22H,12-13H2,1-2H3. The Kier molecular flexibility index (Phi) is 5.77. The number of alkyl halides is 2. The van der Waals surface area contributed by atoms with Crippen molar-refractivity contribution in [2.24, 2.45) is 7.05 Å². The molecule has 0 unspecified atom stereocenters. The second kappa shape index (κ2) is 8.65. The summed E-state index contributed by atoms with van der Waals surface area (Å²) in [6, 6.07) is 11.7. The molecule has 4 aromatic rings. The number of hydrogen-bond acceptors (Lipinski definition) is 5. The SMILES string of the molecule is COCc1nc2cnc(-c3ccc(=O)n(C)c3)cc2n1Cc1ccccc1OC(F)F. The van der Waals surface area contributed by atoms with Gasteiger partial charge in [-0.15, -0.1) is 0 Å². The average Bonchev–Trinajstić information content (AvgIpc) is 3.08. The first kappa shape index (κ1) is 20.7. The Morgan fingerprint density at radius 1 is 1.16 bits per heavy atom. The van der Waals surface area contributed by atoms with Gasteiger partial charge in [0.25, 0.3) is 0 Å². The third-order valence-electron chi connectivity index (χ3n) is 4.89. The van der Waals surface area contributed by atoms with Crippen molar-refractivity contribution in [3.05, 3.63) is 76.6 Å². The molecule has 3 aromatic heterocycles. The number of para-hydroxylation sites is 1. The maximum atomic E-state index is 12.8. The van der Waals surface area contributed by atoms with E-state index in [2.05, 4.69) is 14.7 Å². The molecule has 0 radical (unpaired) electrons. The first-order valence-corrected chi connectivity index (χ1v) is 9.50. The van der Waals surface area contributed by atoms with Gasteiger partial charge in [-0.1, -0.05) is 18.2 Å². The van der Waals surface area contributed by atoms with Crippen LogP contribution in [0.4, 0.5) is 8.78 Å². The maximum absolute atomic E-state index is 12.8. The molecule has 9 heteroatoms. The van der Waals surface area contributed by atoms with Crippen LogP contribution >= 0.6 is 0 Å². The third kappa shape index (κ3) is 4.31. The monoisotopic (exact) mass is 426 g/mol. The summed E-state index contributed by atoms with van der Waals surface area (Å²) in [5, 5.41) is 0. The van der Waals surface area contributed by atoms with E-state index in [0.717, 1.165) is 11.1 Å². The highest BCUT2D eigenvalue weighted by atomic mass is 19.3. The molecule has 0 fully saturated rings. The fourth-order valence-corrected chi connectivity index (χ4v) is 3.41. The van der Waals surface area contributed by atoms with Crippen molar-refractivity contribution in [3.8, 4) is 17.0 Å². The summed E-state index contributed by atoms with van der Waals surface area (Å²) in [4.78, 5) is 20.8. The highest BCUT2D eigenvalue weighted by Crippen LogP contribution is 2.27. The molecule has 0 bridgehead atoms. The molecule has 31 heavy (non-hydrogen) atoms. The number of aromatic nitrogens is 4. The second-order valence-corrected chi connectivity index (χ2v) is 6.96. The summed E-state index contributed by atoms with van der Waals surface area (Å²) < 4.78 is 39.0. The molecule has 160 valence electrons. The van der Waals surface area contributed by atoms with E-state index in [-0.39, 0.29) is 24.5 Å². The third-order valence-corrected chi connectivity index (χ3v) is 4.89. The molecule has 3 heterocycles. The number of ether oxygens (including phenoxy) is 2. The highest BCUT2D eigenvalue weighted by molar-refractivity contribution is 5.80. The number of pyridine rings is 2. The van der Waals surface area contributed by atoms with Gasteiger partial charge >= 0.3 is 6.61 Å². The van der Waals surface area contributed by atoms with Crippen molar-refractivity contribution in [2.75, 3.05) is 7.11 Å². The first-order valence-electron chi connectivity index (χ1n) is 9.50. The predicted octanol–water partition coefficient (Wildman–Crippen LogP) is 3.59. The topological polar surface area (TPSA) is 71.2 Å². The fraction of sp³-hybridized carbons (Fsp3) is 0.227. The van der Waals surface area contributed by atoms with Gasteiger partial charge in [-0.2, -0.15) is 8.78 Å². The van der Waals surface area contributed by atoms with Gasteiger partial charge in [0.1, 0.15) is 23.7 Å². The summed E-state index contributed by atoms with van der Waals surface area (Å²) in [5.41, 5.74) is 3.30. The molecule has 7 nitrogen and oxygen atoms in total. The number of hydrogen-bond donors (Lipinski definition) is 0. The maximum Gasteiger partial charge on any atom is 0.387 e. The lowest BCUT2D eigenvalue weighted by atomic mass is 10.1. The van der Waals surface area contributed by atoms with Gasteiger partial charge in [0.15, 0.2) is 0 Å². The quantitative estimate of drug-likeness (QED) is 0.452. The Labute approximate surface area is 176 Å². The predicted molar refractivity (Wildman–Crippen MR) is 111 cm³/mol. The van der Waals surface area contributed by atoms with Gasteiger partial charge < -0.3 is 18.6 Å². The van der Waals surface area contributed by atoms with Crippen molar-refractivity contribution < 1.29 is 18.3 Å². The molecule has 0 aliphatic heterocycles. The Balaban J connectivity index is 1.82. The number of fused-ring (bicyclic) bond motifs is 1. The zero-order chi connectivity index (χ0) is 22.0. The molecular weight excluding hydrogens is 406 g/mol. The van der Waals surface area contributed by atoms with E-state index < -0.39 is 6.61 Å². The van der Waals surface area contributed by atoms with Crippen LogP contribution in [0.3, 0.4) is 0 Å². The molecule has 0 saturated carbocycles. The second-order valence-electron chi connectivity index (χ2n) is 6.96. The molecule has 0 aliphatic rings. The minimum absolute atomic E-state index is 0.107. The fourth-order valence-electron chi connectivity index (χ4n) is 3.41. The molecule has 0 aliphatic carbocycles. The van der Waals surface area contributed by atoms with Crippen LogP contribution in [-0.2, 0) is 24.9 Å². The van der Waals surface area contributed by atoms with E-state index in [4.69, 9.17) is 4.74 Å². The highest BCUT2D eigenvalue weighted by Gasteiger charge is 2.16. The Morgan fingerprint density at radius 3 is 2.71 bits per heavy atom. The van der Waals surface area contributed by atoms with E-state index in [1.165, 1.54) is 16.7 Å². The van der Waals surface area contributed by atoms with E-state index in [0.29, 0.717) is 22.6 Å². The van der Waals surface area contributed by atoms with Gasteiger partial charge in [0, 0.05) is 37.5 Å². The Bertz CT molecular complexity index is 1280. The van der Waals surface area contributed by atoms with Crippen molar-refractivity contribution in [3.63, 3.8) is 0 Å². The van der Waals surface area contributed by atoms with Gasteiger partial charge in [-0.3, -0.25) is 9.78 Å². The molecule has 4 rings (SSSR count). The smallest absolute Gasteiger partial charge is 0.387 e. The van der Waals surface area contributed by atoms with Crippen LogP contribution in [0.15, 0.2) is 59.7 Å². The number of rotatable bonds is 7. The Hall–Kier alpha value is -3.59. The summed E-state index contributed by atoms with van der Waals surface area (Å²) >= 11 is 0. The van der Waals surface area contributed by atoms with Gasteiger partial charge in [-0.05, 0) is 18.2 Å². The van der Waals surface area contributed by atoms with Crippen LogP contribution in [0.1, 0.15) is 11.4 Å². The van der Waals surface area contributed by atoms with Crippen molar-refractivity contribution >= 4 is 11.0 Å². The van der Waals surface area contributed by atoms with Gasteiger partial charge in [0.05, 0.1) is 24.0 Å². The average molecular weight is 426 g/mol. The number of aryl methyl sites for hydroxylation is 1. The van der Waals surface area contributed by atoms with Crippen molar-refractivity contribution in [1.29, 1.82) is 0 Å². The molecule has 0 saturated heterocycles. The summed E-state index contributed by atoms with van der Waals surface area (Å²) in [7, 11) is 3.23. The summed E-state index contributed by atoms with van der Waals surface area (Å²) in [6.45, 7) is -2.42. The van der Waals surface area contributed by atoms with Crippen LogP contribution in [0.25, 0.3) is 22.3 Å². The zero-order valence-corrected chi connectivity index (χ0v) is 17.0. The molecule has 0 N–H and O–H groups in total. The summed E-state index contributed by atoms with van der Waals surface area (Å²) in [6.07, 6.45) is 3.35. The molecule has 0 spiro atoms. The molecule has 0 atom stereocenters. The number of benzene rings is 1. The minimum Gasteiger partial charge on any atom is -0.434 e. The lowest BCUT2D eigenvalue weighted by molar-refractivity contribution is -0.0504. The van der Waals surface area contributed by atoms with Crippen LogP contribution in [0, 0.1) is 0 Å².